The molecule has 0 spiro atoms. The number of ether oxygens (including phenoxy) is 1. The van der Waals surface area contributed by atoms with E-state index in [0.717, 1.165) is 5.56 Å². The molecule has 1 aromatic carbocycles. The third-order valence-electron chi connectivity index (χ3n) is 2.28. The molecular weight excluding hydrogens is 218 g/mol. The van der Waals surface area contributed by atoms with E-state index in [4.69, 9.17) is 0 Å². The highest BCUT2D eigenvalue weighted by molar-refractivity contribution is 5.90. The lowest BCUT2D eigenvalue weighted by Crippen LogP contribution is -2.30. The minimum absolute atomic E-state index is 0.203. The van der Waals surface area contributed by atoms with Gasteiger partial charge >= 0.3 is 5.97 Å². The van der Waals surface area contributed by atoms with Crippen LogP contribution in [-0.4, -0.2) is 19.0 Å². The highest BCUT2D eigenvalue weighted by Crippen LogP contribution is 2.21. The van der Waals surface area contributed by atoms with Crippen molar-refractivity contribution in [2.45, 2.75) is 13.0 Å². The highest BCUT2D eigenvalue weighted by atomic mass is 16.5. The molecule has 1 amide bonds. The molecule has 1 unspecified atom stereocenters. The van der Waals surface area contributed by atoms with Gasteiger partial charge in [-0.3, -0.25) is 4.79 Å². The molecule has 1 rings (SSSR count). The SMILES string of the molecule is C=C(C(=O)OC)C(NC(C)=O)c1ccccc1. The first kappa shape index (κ1) is 13.0. The van der Waals surface area contributed by atoms with Gasteiger partial charge in [0.05, 0.1) is 18.7 Å². The molecular formula is C13H15NO3. The summed E-state index contributed by atoms with van der Waals surface area (Å²) in [5.74, 6) is -0.767. The molecule has 1 atom stereocenters. The fourth-order valence-electron chi connectivity index (χ4n) is 1.47. The van der Waals surface area contributed by atoms with Gasteiger partial charge in [0.2, 0.25) is 5.91 Å². The van der Waals surface area contributed by atoms with Crippen LogP contribution < -0.4 is 5.32 Å². The lowest BCUT2D eigenvalue weighted by atomic mass is 10.00. The largest absolute Gasteiger partial charge is 0.466 e. The number of benzene rings is 1. The van der Waals surface area contributed by atoms with Crippen molar-refractivity contribution in [3.8, 4) is 0 Å². The fourth-order valence-corrected chi connectivity index (χ4v) is 1.47. The van der Waals surface area contributed by atoms with Gasteiger partial charge < -0.3 is 10.1 Å². The Morgan fingerprint density at radius 2 is 1.88 bits per heavy atom. The van der Waals surface area contributed by atoms with Gasteiger partial charge in [-0.25, -0.2) is 4.79 Å². The summed E-state index contributed by atoms with van der Waals surface area (Å²) >= 11 is 0. The molecule has 0 bridgehead atoms. The summed E-state index contributed by atoms with van der Waals surface area (Å²) < 4.78 is 4.61. The number of methoxy groups -OCH3 is 1. The second-order valence-electron chi connectivity index (χ2n) is 3.56. The number of hydrogen-bond donors (Lipinski definition) is 1. The highest BCUT2D eigenvalue weighted by Gasteiger charge is 2.21. The number of rotatable bonds is 4. The Morgan fingerprint density at radius 3 is 2.35 bits per heavy atom. The maximum atomic E-state index is 11.4. The number of esters is 1. The maximum Gasteiger partial charge on any atom is 0.335 e. The second-order valence-corrected chi connectivity index (χ2v) is 3.56. The van der Waals surface area contributed by atoms with Gasteiger partial charge in [-0.2, -0.15) is 0 Å². The van der Waals surface area contributed by atoms with E-state index >= 15 is 0 Å². The van der Waals surface area contributed by atoms with Crippen LogP contribution >= 0.6 is 0 Å². The van der Waals surface area contributed by atoms with Gasteiger partial charge in [-0.15, -0.1) is 0 Å². The van der Waals surface area contributed by atoms with Crippen molar-refractivity contribution in [1.29, 1.82) is 0 Å². The number of hydrogen-bond acceptors (Lipinski definition) is 3. The van der Waals surface area contributed by atoms with Crippen molar-refractivity contribution < 1.29 is 14.3 Å². The second kappa shape index (κ2) is 5.84. The molecule has 1 aromatic rings. The van der Waals surface area contributed by atoms with Crippen LogP contribution in [0.2, 0.25) is 0 Å². The third kappa shape index (κ3) is 3.45. The molecule has 1 N–H and O–H groups in total. The number of nitrogens with one attached hydrogen (secondary N) is 1. The lowest BCUT2D eigenvalue weighted by Gasteiger charge is -2.19. The zero-order chi connectivity index (χ0) is 12.8. The van der Waals surface area contributed by atoms with E-state index in [1.807, 2.05) is 30.3 Å². The van der Waals surface area contributed by atoms with Crippen molar-refractivity contribution in [2.24, 2.45) is 0 Å². The van der Waals surface area contributed by atoms with Gasteiger partial charge in [0.25, 0.3) is 0 Å². The summed E-state index contributed by atoms with van der Waals surface area (Å²) in [4.78, 5) is 22.6. The molecule has 0 aliphatic heterocycles. The Kier molecular flexibility index (Phi) is 4.46. The Morgan fingerprint density at radius 1 is 1.29 bits per heavy atom. The molecule has 0 fully saturated rings. The van der Waals surface area contributed by atoms with Gasteiger partial charge in [0.1, 0.15) is 0 Å². The first-order chi connectivity index (χ1) is 8.06. The average molecular weight is 233 g/mol. The van der Waals surface area contributed by atoms with Crippen LogP contribution in [0.1, 0.15) is 18.5 Å². The van der Waals surface area contributed by atoms with Crippen LogP contribution in [0, 0.1) is 0 Å². The molecule has 4 nitrogen and oxygen atoms in total. The minimum atomic E-state index is -0.554. The summed E-state index contributed by atoms with van der Waals surface area (Å²) in [6, 6.07) is 8.59. The molecule has 4 heteroatoms. The average Bonchev–Trinajstić information content (AvgIpc) is 2.35. The van der Waals surface area contributed by atoms with Crippen molar-refractivity contribution in [1.82, 2.24) is 5.32 Å². The van der Waals surface area contributed by atoms with Crippen LogP contribution in [-0.2, 0) is 14.3 Å². The van der Waals surface area contributed by atoms with E-state index < -0.39 is 12.0 Å². The van der Waals surface area contributed by atoms with E-state index in [1.165, 1.54) is 14.0 Å². The monoisotopic (exact) mass is 233 g/mol. The molecule has 0 aromatic heterocycles. The molecule has 0 saturated carbocycles. The van der Waals surface area contributed by atoms with Gasteiger partial charge in [-0.05, 0) is 5.56 Å². The Balaban J connectivity index is 3.00. The molecule has 0 aliphatic rings. The number of carbonyl (C=O) groups is 2. The molecule has 90 valence electrons. The van der Waals surface area contributed by atoms with Crippen LogP contribution in [0.5, 0.6) is 0 Å². The van der Waals surface area contributed by atoms with Crippen molar-refractivity contribution in [3.63, 3.8) is 0 Å². The van der Waals surface area contributed by atoms with Crippen LogP contribution in [0.3, 0.4) is 0 Å². The first-order valence-electron chi connectivity index (χ1n) is 5.15. The zero-order valence-electron chi connectivity index (χ0n) is 9.90. The van der Waals surface area contributed by atoms with Crippen molar-refractivity contribution >= 4 is 11.9 Å². The quantitative estimate of drug-likeness (QED) is 0.634. The normalized spacial score (nSPS) is 11.4. The lowest BCUT2D eigenvalue weighted by molar-refractivity contribution is -0.136. The third-order valence-corrected chi connectivity index (χ3v) is 2.28. The molecule has 0 saturated heterocycles. The summed E-state index contributed by atoms with van der Waals surface area (Å²) in [7, 11) is 1.28. The van der Waals surface area contributed by atoms with Crippen molar-refractivity contribution in [3.05, 3.63) is 48.0 Å². The summed E-state index contributed by atoms with van der Waals surface area (Å²) in [6.45, 7) is 5.06. The number of amides is 1. The summed E-state index contributed by atoms with van der Waals surface area (Å²) in [6.07, 6.45) is 0. The predicted molar refractivity (Wildman–Crippen MR) is 64.2 cm³/mol. The Bertz CT molecular complexity index is 426. The zero-order valence-corrected chi connectivity index (χ0v) is 9.90. The van der Waals surface area contributed by atoms with Crippen LogP contribution in [0.25, 0.3) is 0 Å². The fraction of sp³-hybridized carbons (Fsp3) is 0.231. The Hall–Kier alpha value is -2.10. The van der Waals surface area contributed by atoms with E-state index in [-0.39, 0.29) is 11.5 Å². The first-order valence-corrected chi connectivity index (χ1v) is 5.15. The smallest absolute Gasteiger partial charge is 0.335 e. The maximum absolute atomic E-state index is 11.4. The molecule has 17 heavy (non-hydrogen) atoms. The minimum Gasteiger partial charge on any atom is -0.466 e. The van der Waals surface area contributed by atoms with Gasteiger partial charge in [-0.1, -0.05) is 36.9 Å². The van der Waals surface area contributed by atoms with E-state index in [1.54, 1.807) is 0 Å². The van der Waals surface area contributed by atoms with E-state index in [9.17, 15) is 9.59 Å². The van der Waals surface area contributed by atoms with E-state index in [0.29, 0.717) is 0 Å². The summed E-state index contributed by atoms with van der Waals surface area (Å²) in [5.41, 5.74) is 0.993. The Labute approximate surface area is 100 Å². The predicted octanol–water partition coefficient (Wildman–Crippen LogP) is 1.59. The molecule has 0 radical (unpaired) electrons. The molecule has 0 aliphatic carbocycles. The standard InChI is InChI=1S/C13H15NO3/c1-9(13(16)17-3)12(14-10(2)15)11-7-5-4-6-8-11/h4-8,12H,1H2,2-3H3,(H,14,15). The van der Waals surface area contributed by atoms with Gasteiger partial charge in [0, 0.05) is 6.92 Å². The number of carbonyl (C=O) groups excluding carboxylic acids is 2. The summed E-state index contributed by atoms with van der Waals surface area (Å²) in [5, 5.41) is 2.67. The van der Waals surface area contributed by atoms with Crippen LogP contribution in [0.15, 0.2) is 42.5 Å². The van der Waals surface area contributed by atoms with Crippen molar-refractivity contribution in [2.75, 3.05) is 7.11 Å². The molecule has 0 heterocycles. The van der Waals surface area contributed by atoms with E-state index in [2.05, 4.69) is 16.6 Å². The van der Waals surface area contributed by atoms with Crippen LogP contribution in [0.4, 0.5) is 0 Å². The van der Waals surface area contributed by atoms with Gasteiger partial charge in [0.15, 0.2) is 0 Å². The topological polar surface area (TPSA) is 55.4 Å².